The molecule has 55 heavy (non-hydrogen) atoms. The molecule has 8 aromatic carbocycles. The fraction of sp³-hybridized carbons (Fsp3) is 0.111. The minimum Gasteiger partial charge on any atom is -0.310 e. The van der Waals surface area contributed by atoms with Gasteiger partial charge in [0.2, 0.25) is 0 Å². The predicted molar refractivity (Wildman–Crippen MR) is 230 cm³/mol. The Bertz CT molecular complexity index is 2820. The lowest BCUT2D eigenvalue weighted by atomic mass is 9.68. The van der Waals surface area contributed by atoms with Gasteiger partial charge in [-0.3, -0.25) is 0 Å². The van der Waals surface area contributed by atoms with Crippen molar-refractivity contribution in [2.45, 2.75) is 30.6 Å². The van der Waals surface area contributed by atoms with Crippen LogP contribution >= 0.6 is 0 Å². The third-order valence-electron chi connectivity index (χ3n) is 13.0. The second-order valence-electron chi connectivity index (χ2n) is 16.1. The van der Waals surface area contributed by atoms with Crippen LogP contribution < -0.4 is 4.90 Å². The molecule has 0 saturated carbocycles. The third kappa shape index (κ3) is 4.53. The van der Waals surface area contributed by atoms with E-state index in [0.29, 0.717) is 11.8 Å². The molecule has 3 aliphatic carbocycles. The standard InChI is InChI=1S/C54H41N/c1-53(2)47-24-13-11-22-43(47)44-33-32-41(35-50(44)53)55(40-31-30-37-29-28-36-16-9-10-21-42(36)46(37)34-40)51-27-15-26-49-52(51)45-23-12-14-25-48(45)54(49,38-17-5-3-6-18-38)39-19-7-4-8-20-39/h3-35,44,50H,1-2H3. The Morgan fingerprint density at radius 1 is 0.509 bits per heavy atom. The number of anilines is 2. The lowest BCUT2D eigenvalue weighted by Crippen LogP contribution is -2.29. The van der Waals surface area contributed by atoms with Crippen molar-refractivity contribution in [1.29, 1.82) is 0 Å². The van der Waals surface area contributed by atoms with Crippen molar-refractivity contribution in [2.75, 3.05) is 4.90 Å². The van der Waals surface area contributed by atoms with Crippen LogP contribution in [0, 0.1) is 5.92 Å². The summed E-state index contributed by atoms with van der Waals surface area (Å²) < 4.78 is 0. The zero-order chi connectivity index (χ0) is 36.7. The summed E-state index contributed by atoms with van der Waals surface area (Å²) in [7, 11) is 0. The number of hydrogen-bond donors (Lipinski definition) is 0. The molecule has 2 atom stereocenters. The van der Waals surface area contributed by atoms with Gasteiger partial charge in [0.15, 0.2) is 0 Å². The highest BCUT2D eigenvalue weighted by molar-refractivity contribution is 6.09. The van der Waals surface area contributed by atoms with Gasteiger partial charge in [0.1, 0.15) is 0 Å². The zero-order valence-electron chi connectivity index (χ0n) is 31.2. The first-order valence-electron chi connectivity index (χ1n) is 19.6. The normalized spacial score (nSPS) is 18.3. The highest BCUT2D eigenvalue weighted by Crippen LogP contribution is 2.60. The summed E-state index contributed by atoms with van der Waals surface area (Å²) in [4.78, 5) is 2.56. The van der Waals surface area contributed by atoms with Crippen molar-refractivity contribution in [3.8, 4) is 11.1 Å². The molecule has 1 nitrogen and oxygen atoms in total. The average molecular weight is 704 g/mol. The highest BCUT2D eigenvalue weighted by Gasteiger charge is 2.48. The molecule has 2 unspecified atom stereocenters. The Kier molecular flexibility index (Phi) is 7.01. The monoisotopic (exact) mass is 703 g/mol. The van der Waals surface area contributed by atoms with Crippen molar-refractivity contribution in [1.82, 2.24) is 0 Å². The second-order valence-corrected chi connectivity index (χ2v) is 16.1. The molecule has 8 aromatic rings. The predicted octanol–water partition coefficient (Wildman–Crippen LogP) is 13.6. The molecule has 0 spiro atoms. The first kappa shape index (κ1) is 32.0. The summed E-state index contributed by atoms with van der Waals surface area (Å²) in [6.07, 6.45) is 7.46. The van der Waals surface area contributed by atoms with E-state index >= 15 is 0 Å². The molecule has 0 amide bonds. The van der Waals surface area contributed by atoms with E-state index in [9.17, 15) is 0 Å². The van der Waals surface area contributed by atoms with Gasteiger partial charge in [-0.2, -0.15) is 0 Å². The van der Waals surface area contributed by atoms with E-state index in [1.54, 1.807) is 0 Å². The molecular weight excluding hydrogens is 663 g/mol. The fourth-order valence-electron chi connectivity index (χ4n) is 10.5. The Morgan fingerprint density at radius 2 is 1.13 bits per heavy atom. The molecule has 262 valence electrons. The smallest absolute Gasteiger partial charge is 0.0714 e. The minimum atomic E-state index is -0.479. The van der Waals surface area contributed by atoms with E-state index in [2.05, 4.69) is 219 Å². The summed E-state index contributed by atoms with van der Waals surface area (Å²) >= 11 is 0. The first-order chi connectivity index (χ1) is 27.0. The van der Waals surface area contributed by atoms with Crippen LogP contribution in [-0.2, 0) is 10.8 Å². The largest absolute Gasteiger partial charge is 0.310 e. The van der Waals surface area contributed by atoms with Crippen molar-refractivity contribution in [3.05, 3.63) is 239 Å². The number of benzene rings is 8. The van der Waals surface area contributed by atoms with Crippen molar-refractivity contribution in [2.24, 2.45) is 5.92 Å². The van der Waals surface area contributed by atoms with Crippen LogP contribution in [0.1, 0.15) is 53.1 Å². The van der Waals surface area contributed by atoms with Crippen LogP contribution in [0.4, 0.5) is 11.4 Å². The maximum Gasteiger partial charge on any atom is 0.0714 e. The maximum absolute atomic E-state index is 2.58. The molecule has 3 aliphatic rings. The van der Waals surface area contributed by atoms with E-state index in [1.165, 1.54) is 77.4 Å². The highest BCUT2D eigenvalue weighted by atomic mass is 15.2. The van der Waals surface area contributed by atoms with E-state index in [4.69, 9.17) is 0 Å². The molecule has 0 aliphatic heterocycles. The number of fused-ring (bicyclic) bond motifs is 9. The Balaban J connectivity index is 1.21. The van der Waals surface area contributed by atoms with Gasteiger partial charge in [-0.15, -0.1) is 0 Å². The van der Waals surface area contributed by atoms with E-state index in [0.717, 1.165) is 5.69 Å². The average Bonchev–Trinajstić information content (AvgIpc) is 3.68. The minimum absolute atomic E-state index is 0.0104. The SMILES string of the molecule is CC1(C)c2ccccc2C2C=CC(N(c3ccc4ccc5ccccc5c4c3)c3cccc4c3-c3ccccc3C4(c3ccccc3)c3ccccc3)=CC21. The van der Waals surface area contributed by atoms with Crippen molar-refractivity contribution in [3.63, 3.8) is 0 Å². The van der Waals surface area contributed by atoms with E-state index in [1.807, 2.05) is 0 Å². The molecule has 0 N–H and O–H groups in total. The first-order valence-corrected chi connectivity index (χ1v) is 19.6. The molecule has 1 heteroatoms. The Labute approximate surface area is 323 Å². The molecule has 0 aromatic heterocycles. The van der Waals surface area contributed by atoms with E-state index in [-0.39, 0.29) is 5.41 Å². The molecule has 0 saturated heterocycles. The fourth-order valence-corrected chi connectivity index (χ4v) is 10.5. The Hall–Kier alpha value is -6.44. The lowest BCUT2D eigenvalue weighted by Gasteiger charge is -2.36. The molecule has 11 rings (SSSR count). The maximum atomic E-state index is 2.58. The lowest BCUT2D eigenvalue weighted by molar-refractivity contribution is 0.392. The van der Waals surface area contributed by atoms with Gasteiger partial charge in [-0.05, 0) is 96.1 Å². The summed E-state index contributed by atoms with van der Waals surface area (Å²) in [5.41, 5.74) is 13.7. The zero-order valence-corrected chi connectivity index (χ0v) is 31.2. The van der Waals surface area contributed by atoms with Gasteiger partial charge >= 0.3 is 0 Å². The van der Waals surface area contributed by atoms with Gasteiger partial charge < -0.3 is 4.90 Å². The summed E-state index contributed by atoms with van der Waals surface area (Å²) in [5.74, 6) is 0.675. The van der Waals surface area contributed by atoms with Crippen LogP contribution in [0.3, 0.4) is 0 Å². The van der Waals surface area contributed by atoms with Crippen LogP contribution in [0.15, 0.2) is 206 Å². The van der Waals surface area contributed by atoms with Crippen LogP contribution in [0.25, 0.3) is 32.7 Å². The van der Waals surface area contributed by atoms with Crippen molar-refractivity contribution >= 4 is 32.9 Å². The van der Waals surface area contributed by atoms with Gasteiger partial charge in [0.05, 0.1) is 11.1 Å². The van der Waals surface area contributed by atoms with Crippen molar-refractivity contribution < 1.29 is 0 Å². The van der Waals surface area contributed by atoms with Gasteiger partial charge in [-0.25, -0.2) is 0 Å². The van der Waals surface area contributed by atoms with Gasteiger partial charge in [0, 0.05) is 22.9 Å². The molecular formula is C54H41N. The molecule has 0 fully saturated rings. The quantitative estimate of drug-likeness (QED) is 0.161. The second kappa shape index (κ2) is 12.0. The molecule has 0 bridgehead atoms. The van der Waals surface area contributed by atoms with E-state index < -0.39 is 5.41 Å². The third-order valence-corrected chi connectivity index (χ3v) is 13.0. The number of hydrogen-bond acceptors (Lipinski definition) is 1. The number of rotatable bonds is 5. The Morgan fingerprint density at radius 3 is 1.91 bits per heavy atom. The van der Waals surface area contributed by atoms with Crippen LogP contribution in [-0.4, -0.2) is 0 Å². The number of nitrogens with zero attached hydrogens (tertiary/aromatic N) is 1. The van der Waals surface area contributed by atoms with Gasteiger partial charge in [0.25, 0.3) is 0 Å². The summed E-state index contributed by atoms with van der Waals surface area (Å²) in [6, 6.07) is 67.8. The number of allylic oxidation sites excluding steroid dienone is 3. The van der Waals surface area contributed by atoms with Crippen LogP contribution in [0.2, 0.25) is 0 Å². The van der Waals surface area contributed by atoms with Crippen LogP contribution in [0.5, 0.6) is 0 Å². The summed E-state index contributed by atoms with van der Waals surface area (Å²) in [5, 5.41) is 5.05. The topological polar surface area (TPSA) is 3.24 Å². The van der Waals surface area contributed by atoms with Gasteiger partial charge in [-0.1, -0.05) is 190 Å². The molecule has 0 heterocycles. The molecule has 0 radical (unpaired) electrons. The summed E-state index contributed by atoms with van der Waals surface area (Å²) in [6.45, 7) is 4.86.